The minimum absolute atomic E-state index is 0.0151. The Bertz CT molecular complexity index is 1290. The molecule has 4 fully saturated rings. The van der Waals surface area contributed by atoms with Crippen LogP contribution in [0.1, 0.15) is 52.4 Å². The van der Waals surface area contributed by atoms with Gasteiger partial charge in [-0.3, -0.25) is 9.48 Å². The Morgan fingerprint density at radius 2 is 1.91 bits per heavy atom. The quantitative estimate of drug-likeness (QED) is 0.454. The van der Waals surface area contributed by atoms with Crippen molar-refractivity contribution >= 4 is 27.8 Å². The van der Waals surface area contributed by atoms with Gasteiger partial charge in [-0.05, 0) is 67.4 Å². The van der Waals surface area contributed by atoms with Gasteiger partial charge in [0.05, 0.1) is 23.9 Å². The van der Waals surface area contributed by atoms with Gasteiger partial charge in [0.1, 0.15) is 17.5 Å². The van der Waals surface area contributed by atoms with Crippen molar-refractivity contribution in [1.29, 1.82) is 0 Å². The molecule has 7 nitrogen and oxygen atoms in total. The van der Waals surface area contributed by atoms with Gasteiger partial charge in [0.25, 0.3) is 0 Å². The van der Waals surface area contributed by atoms with Crippen molar-refractivity contribution in [3.8, 4) is 0 Å². The molecule has 4 bridgehead atoms. The van der Waals surface area contributed by atoms with Gasteiger partial charge in [-0.1, -0.05) is 26.0 Å². The van der Waals surface area contributed by atoms with E-state index >= 15 is 0 Å². The van der Waals surface area contributed by atoms with Crippen LogP contribution in [-0.2, 0) is 16.1 Å². The summed E-state index contributed by atoms with van der Waals surface area (Å²) in [5.74, 6) is 0.636. The Balaban J connectivity index is 1.10. The number of fused-ring (bicyclic) bond motifs is 3. The van der Waals surface area contributed by atoms with Crippen LogP contribution < -0.4 is 10.9 Å². The summed E-state index contributed by atoms with van der Waals surface area (Å²) >= 11 is 0. The van der Waals surface area contributed by atoms with Crippen molar-refractivity contribution < 1.29 is 13.9 Å². The summed E-state index contributed by atoms with van der Waals surface area (Å²) in [6, 6.07) is 7.31. The van der Waals surface area contributed by atoms with Crippen LogP contribution in [-0.4, -0.2) is 34.4 Å². The molecule has 2 heterocycles. The zero-order valence-electron chi connectivity index (χ0n) is 19.4. The fraction of sp³-hybridized carbons (Fsp3) is 0.577. The number of rotatable bonds is 6. The molecule has 4 atom stereocenters. The maximum Gasteiger partial charge on any atom is 0.347 e. The van der Waals surface area contributed by atoms with Gasteiger partial charge in [0, 0.05) is 11.9 Å². The van der Waals surface area contributed by atoms with Crippen LogP contribution in [0.3, 0.4) is 0 Å². The van der Waals surface area contributed by atoms with Crippen molar-refractivity contribution in [2.75, 3.05) is 13.2 Å². The molecule has 4 aliphatic rings. The molecule has 2 aromatic heterocycles. The molecule has 0 saturated heterocycles. The van der Waals surface area contributed by atoms with E-state index in [9.17, 15) is 9.59 Å². The molecule has 1 N–H and O–H groups in total. The Labute approximate surface area is 192 Å². The third kappa shape index (κ3) is 3.57. The minimum Gasteiger partial charge on any atom is -0.422 e. The summed E-state index contributed by atoms with van der Waals surface area (Å²) in [5, 5.41) is 8.41. The Morgan fingerprint density at radius 3 is 2.67 bits per heavy atom. The average molecular weight is 450 g/mol. The number of carbonyl (C=O) groups is 1. The maximum absolute atomic E-state index is 12.7. The van der Waals surface area contributed by atoms with Crippen molar-refractivity contribution in [2.24, 2.45) is 16.7 Å². The van der Waals surface area contributed by atoms with Crippen LogP contribution in [0.25, 0.3) is 21.9 Å². The van der Waals surface area contributed by atoms with Crippen molar-refractivity contribution in [3.63, 3.8) is 0 Å². The highest BCUT2D eigenvalue weighted by molar-refractivity contribution is 6.02. The fourth-order valence-electron chi connectivity index (χ4n) is 8.00. The standard InChI is InChI=1S/C26H31N3O4/c1-24-9-17-10-25(2,14-24)16-26(11-17,15-24)32-8-7-27-21(30)13-29-22-18-5-3-4-6-20(18)33-23(31)19(22)12-28-29/h3-6,12,17H,7-11,13-16H2,1-2H3,(H,27,30)/t17?,24-,25+,26?. The van der Waals surface area contributed by atoms with E-state index < -0.39 is 5.63 Å². The van der Waals surface area contributed by atoms with Crippen LogP contribution >= 0.6 is 0 Å². The number of ether oxygens (including phenoxy) is 1. The molecule has 7 heteroatoms. The van der Waals surface area contributed by atoms with E-state index in [0.717, 1.165) is 24.1 Å². The highest BCUT2D eigenvalue weighted by Crippen LogP contribution is 2.67. The molecule has 2 unspecified atom stereocenters. The van der Waals surface area contributed by atoms with Crippen LogP contribution in [0.2, 0.25) is 0 Å². The number of hydrogen-bond donors (Lipinski definition) is 1. The van der Waals surface area contributed by atoms with E-state index in [-0.39, 0.29) is 18.1 Å². The van der Waals surface area contributed by atoms with Crippen molar-refractivity contribution in [3.05, 3.63) is 40.9 Å². The first-order valence-electron chi connectivity index (χ1n) is 12.0. The molecule has 0 spiro atoms. The summed E-state index contributed by atoms with van der Waals surface area (Å²) in [5.41, 5.74) is 1.48. The van der Waals surface area contributed by atoms with E-state index in [0.29, 0.717) is 40.5 Å². The predicted octanol–water partition coefficient (Wildman–Crippen LogP) is 4.02. The molecule has 174 valence electrons. The fourth-order valence-corrected chi connectivity index (χ4v) is 8.00. The van der Waals surface area contributed by atoms with Crippen molar-refractivity contribution in [1.82, 2.24) is 15.1 Å². The normalized spacial score (nSPS) is 32.6. The lowest BCUT2D eigenvalue weighted by Gasteiger charge is -2.65. The van der Waals surface area contributed by atoms with Gasteiger partial charge in [0.2, 0.25) is 5.91 Å². The molecule has 4 aliphatic carbocycles. The Morgan fingerprint density at radius 1 is 1.15 bits per heavy atom. The van der Waals surface area contributed by atoms with E-state index in [2.05, 4.69) is 24.3 Å². The van der Waals surface area contributed by atoms with Crippen molar-refractivity contribution in [2.45, 2.75) is 64.5 Å². The predicted molar refractivity (Wildman–Crippen MR) is 125 cm³/mol. The Kier molecular flexibility index (Phi) is 4.54. The van der Waals surface area contributed by atoms with Gasteiger partial charge >= 0.3 is 5.63 Å². The van der Waals surface area contributed by atoms with E-state index in [1.165, 1.54) is 31.9 Å². The summed E-state index contributed by atoms with van der Waals surface area (Å²) in [6.45, 7) is 5.92. The largest absolute Gasteiger partial charge is 0.422 e. The molecule has 1 amide bonds. The minimum atomic E-state index is -0.443. The lowest BCUT2D eigenvalue weighted by atomic mass is 9.43. The van der Waals surface area contributed by atoms with E-state index in [1.54, 1.807) is 10.7 Å². The zero-order valence-corrected chi connectivity index (χ0v) is 19.4. The number of benzene rings is 1. The molecule has 0 radical (unpaired) electrons. The number of carbonyl (C=O) groups excluding carboxylic acids is 1. The molecule has 33 heavy (non-hydrogen) atoms. The second-order valence-corrected chi connectivity index (χ2v) is 11.5. The molecular weight excluding hydrogens is 418 g/mol. The Hall–Kier alpha value is -2.67. The molecule has 7 rings (SSSR count). The van der Waals surface area contributed by atoms with Gasteiger partial charge < -0.3 is 14.5 Å². The first-order valence-corrected chi connectivity index (χ1v) is 12.0. The summed E-state index contributed by atoms with van der Waals surface area (Å²) < 4.78 is 13.4. The SMILES string of the molecule is C[C@]12CC3CC(OCCNC(=O)Cn4ncc5c(=O)oc6ccccc6c54)(C1)C[C@@](C)(C3)C2. The highest BCUT2D eigenvalue weighted by atomic mass is 16.5. The maximum atomic E-state index is 12.7. The average Bonchev–Trinajstić information content (AvgIpc) is 3.13. The number of aromatic nitrogens is 2. The van der Waals surface area contributed by atoms with Crippen LogP contribution in [0.15, 0.2) is 39.7 Å². The third-order valence-corrected chi connectivity index (χ3v) is 8.11. The van der Waals surface area contributed by atoms with Crippen LogP contribution in [0.4, 0.5) is 0 Å². The molecule has 1 aromatic carbocycles. The number of para-hydroxylation sites is 1. The topological polar surface area (TPSA) is 86.4 Å². The third-order valence-electron chi connectivity index (χ3n) is 8.11. The number of nitrogens with one attached hydrogen (secondary N) is 1. The first-order chi connectivity index (χ1) is 15.8. The summed E-state index contributed by atoms with van der Waals surface area (Å²) in [6.07, 6.45) is 8.94. The molecule has 3 aromatic rings. The highest BCUT2D eigenvalue weighted by Gasteiger charge is 2.60. The number of nitrogens with zero attached hydrogens (tertiary/aromatic N) is 2. The van der Waals surface area contributed by atoms with Gasteiger partial charge in [0.15, 0.2) is 0 Å². The molecule has 4 saturated carbocycles. The second-order valence-electron chi connectivity index (χ2n) is 11.5. The monoisotopic (exact) mass is 449 g/mol. The number of amides is 1. The van der Waals surface area contributed by atoms with Crippen LogP contribution in [0, 0.1) is 16.7 Å². The van der Waals surface area contributed by atoms with Gasteiger partial charge in [-0.25, -0.2) is 4.79 Å². The second kappa shape index (κ2) is 7.16. The van der Waals surface area contributed by atoms with Gasteiger partial charge in [-0.2, -0.15) is 5.10 Å². The molecular formula is C26H31N3O4. The van der Waals surface area contributed by atoms with E-state index in [4.69, 9.17) is 9.15 Å². The lowest BCUT2D eigenvalue weighted by molar-refractivity contribution is -0.213. The van der Waals surface area contributed by atoms with E-state index in [1.807, 2.05) is 18.2 Å². The molecule has 0 aliphatic heterocycles. The number of hydrogen-bond acceptors (Lipinski definition) is 5. The van der Waals surface area contributed by atoms with Gasteiger partial charge in [-0.15, -0.1) is 0 Å². The lowest BCUT2D eigenvalue weighted by Crippen LogP contribution is -2.59. The summed E-state index contributed by atoms with van der Waals surface area (Å²) in [7, 11) is 0. The zero-order chi connectivity index (χ0) is 22.8. The smallest absolute Gasteiger partial charge is 0.347 e. The summed E-state index contributed by atoms with van der Waals surface area (Å²) in [4.78, 5) is 24.9. The first kappa shape index (κ1) is 20.9. The van der Waals surface area contributed by atoms with Crippen LogP contribution in [0.5, 0.6) is 0 Å².